The number of aromatic carboxylic acids is 1. The zero-order valence-corrected chi connectivity index (χ0v) is 16.9. The Hall–Kier alpha value is -4.11. The van der Waals surface area contributed by atoms with E-state index in [1.54, 1.807) is 18.2 Å². The third kappa shape index (κ3) is 3.99. The lowest BCUT2D eigenvalue weighted by atomic mass is 9.98. The Morgan fingerprint density at radius 3 is 2.71 bits per heavy atom. The maximum Gasteiger partial charge on any atom is 0.161 e. The van der Waals surface area contributed by atoms with Gasteiger partial charge in [0, 0.05) is 22.9 Å². The van der Waals surface area contributed by atoms with Crippen molar-refractivity contribution in [3.8, 4) is 28.8 Å². The largest absolute Gasteiger partial charge is 0.545 e. The number of aromatic nitrogens is 1. The molecule has 1 aromatic heterocycles. The number of rotatable bonds is 7. The minimum absolute atomic E-state index is 0.0904. The van der Waals surface area contributed by atoms with Gasteiger partial charge in [-0.15, -0.1) is 0 Å². The van der Waals surface area contributed by atoms with Gasteiger partial charge in [-0.1, -0.05) is 30.3 Å². The standard InChI is InChI=1S/C25H20N2O4/c1-30-23-14-17(9-11-22(23)31-13-5-4-12-26)21-15-19(25(28)29)24-18-7-3-2-6-16(18)8-10-20(24)27-21/h2-3,6-11,14-15H,4-5,13H2,1H3,(H,28,29)/p-1. The van der Waals surface area contributed by atoms with E-state index < -0.39 is 5.97 Å². The van der Waals surface area contributed by atoms with E-state index in [4.69, 9.17) is 19.7 Å². The predicted octanol–water partition coefficient (Wildman–Crippen LogP) is 4.11. The number of fused-ring (bicyclic) bond motifs is 3. The third-order valence-electron chi connectivity index (χ3n) is 5.07. The Kier molecular flexibility index (Phi) is 5.67. The fourth-order valence-electron chi connectivity index (χ4n) is 3.60. The highest BCUT2D eigenvalue weighted by Crippen LogP contribution is 2.35. The highest BCUT2D eigenvalue weighted by atomic mass is 16.5. The van der Waals surface area contributed by atoms with Gasteiger partial charge in [0.15, 0.2) is 11.5 Å². The summed E-state index contributed by atoms with van der Waals surface area (Å²) < 4.78 is 11.1. The van der Waals surface area contributed by atoms with Crippen LogP contribution in [0.15, 0.2) is 60.7 Å². The number of pyridine rings is 1. The van der Waals surface area contributed by atoms with Crippen molar-refractivity contribution in [1.29, 1.82) is 5.26 Å². The Balaban J connectivity index is 1.80. The Labute approximate surface area is 179 Å². The lowest BCUT2D eigenvalue weighted by Gasteiger charge is -2.15. The molecule has 0 spiro atoms. The van der Waals surface area contributed by atoms with E-state index in [1.807, 2.05) is 36.4 Å². The van der Waals surface area contributed by atoms with Crippen LogP contribution >= 0.6 is 0 Å². The van der Waals surface area contributed by atoms with E-state index in [2.05, 4.69) is 6.07 Å². The van der Waals surface area contributed by atoms with Gasteiger partial charge in [-0.25, -0.2) is 4.98 Å². The fourth-order valence-corrected chi connectivity index (χ4v) is 3.60. The van der Waals surface area contributed by atoms with Gasteiger partial charge in [0.05, 0.1) is 37.0 Å². The zero-order valence-electron chi connectivity index (χ0n) is 16.9. The lowest BCUT2D eigenvalue weighted by molar-refractivity contribution is -0.254. The van der Waals surface area contributed by atoms with Gasteiger partial charge < -0.3 is 19.4 Å². The maximum atomic E-state index is 12.0. The number of carboxylic acid groups (broad SMARTS) is 1. The van der Waals surface area contributed by atoms with Gasteiger partial charge in [-0.3, -0.25) is 0 Å². The van der Waals surface area contributed by atoms with E-state index in [-0.39, 0.29) is 5.56 Å². The number of hydrogen-bond donors (Lipinski definition) is 0. The number of carbonyl (C=O) groups excluding carboxylic acids is 1. The Morgan fingerprint density at radius 1 is 1.10 bits per heavy atom. The number of unbranched alkanes of at least 4 members (excludes halogenated alkanes) is 1. The quantitative estimate of drug-likeness (QED) is 0.335. The molecule has 6 heteroatoms. The van der Waals surface area contributed by atoms with Crippen molar-refractivity contribution < 1.29 is 19.4 Å². The second-order valence-electron chi connectivity index (χ2n) is 7.00. The van der Waals surface area contributed by atoms with Crippen LogP contribution in [-0.4, -0.2) is 24.7 Å². The van der Waals surface area contributed by atoms with Crippen LogP contribution in [0, 0.1) is 11.3 Å². The summed E-state index contributed by atoms with van der Waals surface area (Å²) in [5, 5.41) is 22.9. The van der Waals surface area contributed by atoms with Crippen LogP contribution in [0.4, 0.5) is 0 Å². The lowest BCUT2D eigenvalue weighted by Crippen LogP contribution is -2.23. The molecule has 31 heavy (non-hydrogen) atoms. The molecular weight excluding hydrogens is 392 g/mol. The molecule has 0 saturated carbocycles. The second kappa shape index (κ2) is 8.72. The zero-order chi connectivity index (χ0) is 21.8. The van der Waals surface area contributed by atoms with Crippen molar-refractivity contribution in [2.75, 3.05) is 13.7 Å². The van der Waals surface area contributed by atoms with Crippen molar-refractivity contribution >= 4 is 27.6 Å². The van der Waals surface area contributed by atoms with Crippen LogP contribution in [-0.2, 0) is 0 Å². The average Bonchev–Trinajstić information content (AvgIpc) is 2.80. The molecule has 0 N–H and O–H groups in total. The van der Waals surface area contributed by atoms with Gasteiger partial charge in [-0.05, 0) is 47.5 Å². The number of methoxy groups -OCH3 is 1. The van der Waals surface area contributed by atoms with Crippen LogP contribution < -0.4 is 14.6 Å². The van der Waals surface area contributed by atoms with Crippen LogP contribution in [0.5, 0.6) is 11.5 Å². The van der Waals surface area contributed by atoms with Crippen molar-refractivity contribution in [3.63, 3.8) is 0 Å². The molecule has 3 aromatic carbocycles. The first-order valence-corrected chi connectivity index (χ1v) is 9.84. The molecule has 6 nitrogen and oxygen atoms in total. The average molecular weight is 411 g/mol. The monoisotopic (exact) mass is 411 g/mol. The number of ether oxygens (including phenoxy) is 2. The molecule has 1 heterocycles. The van der Waals surface area contributed by atoms with Gasteiger partial charge in [0.2, 0.25) is 0 Å². The summed E-state index contributed by atoms with van der Waals surface area (Å²) in [6.07, 6.45) is 1.04. The van der Waals surface area contributed by atoms with Gasteiger partial charge in [0.25, 0.3) is 0 Å². The molecule has 154 valence electrons. The smallest absolute Gasteiger partial charge is 0.161 e. The molecule has 0 aliphatic rings. The Bertz CT molecular complexity index is 1320. The van der Waals surface area contributed by atoms with Gasteiger partial charge in [0.1, 0.15) is 0 Å². The van der Waals surface area contributed by atoms with Crippen molar-refractivity contribution in [1.82, 2.24) is 4.98 Å². The molecule has 0 fully saturated rings. The van der Waals surface area contributed by atoms with Crippen molar-refractivity contribution in [3.05, 3.63) is 66.2 Å². The number of nitrogens with zero attached hydrogens (tertiary/aromatic N) is 2. The first-order valence-electron chi connectivity index (χ1n) is 9.84. The third-order valence-corrected chi connectivity index (χ3v) is 5.07. The van der Waals surface area contributed by atoms with E-state index in [0.717, 1.165) is 10.8 Å². The normalized spacial score (nSPS) is 10.7. The van der Waals surface area contributed by atoms with Crippen LogP contribution in [0.1, 0.15) is 23.2 Å². The summed E-state index contributed by atoms with van der Waals surface area (Å²) in [7, 11) is 1.54. The summed E-state index contributed by atoms with van der Waals surface area (Å²) in [5.41, 5.74) is 1.86. The Morgan fingerprint density at radius 2 is 1.94 bits per heavy atom. The molecule has 0 atom stereocenters. The molecule has 0 amide bonds. The number of carbonyl (C=O) groups is 1. The van der Waals surface area contributed by atoms with Crippen molar-refractivity contribution in [2.24, 2.45) is 0 Å². The molecule has 0 radical (unpaired) electrons. The first kappa shape index (κ1) is 20.2. The molecule has 0 saturated heterocycles. The molecule has 0 aliphatic heterocycles. The van der Waals surface area contributed by atoms with E-state index in [9.17, 15) is 9.90 Å². The van der Waals surface area contributed by atoms with Crippen LogP contribution in [0.3, 0.4) is 0 Å². The van der Waals surface area contributed by atoms with E-state index in [1.165, 1.54) is 13.2 Å². The minimum atomic E-state index is -1.26. The number of benzene rings is 3. The van der Waals surface area contributed by atoms with Gasteiger partial charge in [-0.2, -0.15) is 5.26 Å². The minimum Gasteiger partial charge on any atom is -0.545 e. The number of nitriles is 1. The van der Waals surface area contributed by atoms with E-state index >= 15 is 0 Å². The highest BCUT2D eigenvalue weighted by Gasteiger charge is 2.14. The molecule has 0 aliphatic carbocycles. The molecule has 4 aromatic rings. The predicted molar refractivity (Wildman–Crippen MR) is 116 cm³/mol. The molecule has 0 bridgehead atoms. The SMILES string of the molecule is COc1cc(-c2cc(C(=O)[O-])c3c(ccc4ccccc43)n2)ccc1OCCCC#N. The summed E-state index contributed by atoms with van der Waals surface area (Å²) in [5.74, 6) is -0.199. The topological polar surface area (TPSA) is 95.3 Å². The summed E-state index contributed by atoms with van der Waals surface area (Å²) in [6, 6.07) is 20.3. The van der Waals surface area contributed by atoms with Crippen LogP contribution in [0.25, 0.3) is 32.9 Å². The highest BCUT2D eigenvalue weighted by molar-refractivity contribution is 6.15. The fraction of sp³-hybridized carbons (Fsp3) is 0.160. The van der Waals surface area contributed by atoms with Crippen molar-refractivity contribution in [2.45, 2.75) is 12.8 Å². The molecule has 4 rings (SSSR count). The summed E-state index contributed by atoms with van der Waals surface area (Å²) in [4.78, 5) is 16.7. The molecular formula is C25H19N2O4-. The number of carboxylic acids is 1. The number of hydrogen-bond acceptors (Lipinski definition) is 6. The van der Waals surface area contributed by atoms with E-state index in [0.29, 0.717) is 53.1 Å². The van der Waals surface area contributed by atoms with Crippen LogP contribution in [0.2, 0.25) is 0 Å². The second-order valence-corrected chi connectivity index (χ2v) is 7.00. The van der Waals surface area contributed by atoms with Gasteiger partial charge >= 0.3 is 0 Å². The summed E-state index contributed by atoms with van der Waals surface area (Å²) >= 11 is 0. The molecule has 0 unspecified atom stereocenters. The summed E-state index contributed by atoms with van der Waals surface area (Å²) in [6.45, 7) is 0.402. The maximum absolute atomic E-state index is 12.0. The first-order chi connectivity index (χ1) is 15.1.